The minimum atomic E-state index is -1.33. The van der Waals surface area contributed by atoms with Gasteiger partial charge in [-0.2, -0.15) is 0 Å². The second kappa shape index (κ2) is 10.5. The first-order valence-corrected chi connectivity index (χ1v) is 10.1. The first-order valence-electron chi connectivity index (χ1n) is 10.1. The summed E-state index contributed by atoms with van der Waals surface area (Å²) in [5, 5.41) is 22.9. The van der Waals surface area contributed by atoms with Gasteiger partial charge in [0, 0.05) is 26.0 Å². The van der Waals surface area contributed by atoms with E-state index in [1.165, 1.54) is 33.3 Å². The Hall–Kier alpha value is -3.43. The summed E-state index contributed by atoms with van der Waals surface area (Å²) >= 11 is 0. The molecule has 1 heterocycles. The van der Waals surface area contributed by atoms with Crippen LogP contribution in [0.3, 0.4) is 0 Å². The largest absolute Gasteiger partial charge is 0.478 e. The fraction of sp³-hybridized carbons (Fsp3) is 0.375. The number of carboxylic acid groups (broad SMARTS) is 2. The van der Waals surface area contributed by atoms with Gasteiger partial charge in [0.2, 0.25) is 0 Å². The van der Waals surface area contributed by atoms with Crippen molar-refractivity contribution >= 4 is 24.0 Å². The molecule has 3 N–H and O–H groups in total. The zero-order valence-corrected chi connectivity index (χ0v) is 19.5. The second-order valence-corrected chi connectivity index (χ2v) is 8.33. The van der Waals surface area contributed by atoms with E-state index in [0.29, 0.717) is 11.1 Å². The van der Waals surface area contributed by atoms with Crippen molar-refractivity contribution in [3.8, 4) is 0 Å². The highest BCUT2D eigenvalue weighted by Crippen LogP contribution is 2.41. The molecule has 2 rings (SSSR count). The number of allylic oxidation sites excluding steroid dienone is 1. The Morgan fingerprint density at radius 3 is 2.12 bits per heavy atom. The summed E-state index contributed by atoms with van der Waals surface area (Å²) < 4.78 is 15.8. The van der Waals surface area contributed by atoms with E-state index < -0.39 is 35.7 Å². The van der Waals surface area contributed by atoms with Crippen LogP contribution < -0.4 is 5.32 Å². The lowest BCUT2D eigenvalue weighted by Gasteiger charge is -2.33. The molecule has 1 aromatic rings. The van der Waals surface area contributed by atoms with Crippen LogP contribution >= 0.6 is 0 Å². The number of carbonyl (C=O) groups is 3. The molecule has 178 valence electrons. The lowest BCUT2D eigenvalue weighted by Crippen LogP contribution is -2.38. The van der Waals surface area contributed by atoms with E-state index in [2.05, 4.69) is 5.32 Å². The number of rotatable bonds is 8. The minimum Gasteiger partial charge on any atom is -0.478 e. The number of dihydropyridines is 1. The van der Waals surface area contributed by atoms with Gasteiger partial charge in [0.25, 0.3) is 0 Å². The molecule has 0 saturated carbocycles. The fourth-order valence-electron chi connectivity index (χ4n) is 3.62. The molecular formula is C24H29NO8. The van der Waals surface area contributed by atoms with Crippen LogP contribution in [-0.4, -0.2) is 54.2 Å². The molecule has 33 heavy (non-hydrogen) atoms. The van der Waals surface area contributed by atoms with Crippen molar-refractivity contribution in [1.82, 2.24) is 5.32 Å². The quantitative estimate of drug-likeness (QED) is 0.305. The fourth-order valence-corrected chi connectivity index (χ4v) is 3.62. The average Bonchev–Trinajstić information content (AvgIpc) is 2.71. The van der Waals surface area contributed by atoms with E-state index >= 15 is 0 Å². The Bertz CT molecular complexity index is 1030. The molecule has 1 aliphatic heterocycles. The molecule has 0 spiro atoms. The van der Waals surface area contributed by atoms with Crippen molar-refractivity contribution in [2.24, 2.45) is 0 Å². The minimum absolute atomic E-state index is 0.0888. The third-order valence-electron chi connectivity index (χ3n) is 4.83. The summed E-state index contributed by atoms with van der Waals surface area (Å²) in [5.74, 6) is -4.36. The molecule has 1 unspecified atom stereocenters. The van der Waals surface area contributed by atoms with E-state index in [1.807, 2.05) is 0 Å². The number of esters is 1. The Morgan fingerprint density at radius 1 is 1.03 bits per heavy atom. The van der Waals surface area contributed by atoms with Crippen molar-refractivity contribution in [3.63, 3.8) is 0 Å². The molecule has 0 fully saturated rings. The van der Waals surface area contributed by atoms with Gasteiger partial charge in [-0.25, -0.2) is 14.4 Å². The number of methoxy groups -OCH3 is 2. The molecule has 1 atom stereocenters. The third kappa shape index (κ3) is 6.09. The standard InChI is InChI=1S/C24H29NO8/c1-13-17(21(27)28)18(19(22(29)30)20(25-13)23(31-5)32-6)15-10-8-7-9-14(15)11-12-16(26)33-24(2,3)4/h7-12,18,23,25H,1-6H3,(H,27,28)(H,29,30). The van der Waals surface area contributed by atoms with Gasteiger partial charge in [0.1, 0.15) is 5.60 Å². The first kappa shape index (κ1) is 25.8. The predicted molar refractivity (Wildman–Crippen MR) is 120 cm³/mol. The number of carbonyl (C=O) groups excluding carboxylic acids is 1. The van der Waals surface area contributed by atoms with Crippen molar-refractivity contribution in [2.45, 2.75) is 45.5 Å². The third-order valence-corrected chi connectivity index (χ3v) is 4.83. The SMILES string of the molecule is COC(OC)C1=C(C(=O)O)C(c2ccccc2C=CC(=O)OC(C)(C)C)C(C(=O)O)=C(C)N1. The van der Waals surface area contributed by atoms with Gasteiger partial charge in [0.15, 0.2) is 6.29 Å². The number of nitrogens with one attached hydrogen (secondary N) is 1. The maximum atomic E-state index is 12.4. The molecule has 9 nitrogen and oxygen atoms in total. The number of hydrogen-bond donors (Lipinski definition) is 3. The Labute approximate surface area is 192 Å². The van der Waals surface area contributed by atoms with E-state index in [0.717, 1.165) is 0 Å². The van der Waals surface area contributed by atoms with Crippen LogP contribution in [0.2, 0.25) is 0 Å². The van der Waals surface area contributed by atoms with Gasteiger partial charge in [-0.1, -0.05) is 24.3 Å². The smallest absolute Gasteiger partial charge is 0.334 e. The van der Waals surface area contributed by atoms with E-state index in [9.17, 15) is 24.6 Å². The number of benzene rings is 1. The topological polar surface area (TPSA) is 131 Å². The molecule has 0 aromatic heterocycles. The van der Waals surface area contributed by atoms with Gasteiger partial charge in [0.05, 0.1) is 22.8 Å². The Balaban J connectivity index is 2.72. The van der Waals surface area contributed by atoms with Crippen LogP contribution in [0.25, 0.3) is 6.08 Å². The summed E-state index contributed by atoms with van der Waals surface area (Å²) in [6.45, 7) is 6.75. The van der Waals surface area contributed by atoms with Crippen LogP contribution in [0.15, 0.2) is 52.9 Å². The summed E-state index contributed by atoms with van der Waals surface area (Å²) in [4.78, 5) is 36.8. The summed E-state index contributed by atoms with van der Waals surface area (Å²) in [6.07, 6.45) is 1.64. The highest BCUT2D eigenvalue weighted by molar-refractivity contribution is 5.99. The first-order chi connectivity index (χ1) is 15.4. The second-order valence-electron chi connectivity index (χ2n) is 8.33. The predicted octanol–water partition coefficient (Wildman–Crippen LogP) is 3.04. The van der Waals surface area contributed by atoms with Crippen molar-refractivity contribution in [3.05, 3.63) is 64.0 Å². The molecular weight excluding hydrogens is 430 g/mol. The van der Waals surface area contributed by atoms with E-state index in [1.54, 1.807) is 45.0 Å². The Kier molecular flexibility index (Phi) is 8.18. The lowest BCUT2D eigenvalue weighted by atomic mass is 9.78. The molecule has 0 radical (unpaired) electrons. The summed E-state index contributed by atoms with van der Waals surface area (Å²) in [6, 6.07) is 6.65. The number of ether oxygens (including phenoxy) is 3. The zero-order chi connectivity index (χ0) is 24.9. The maximum Gasteiger partial charge on any atom is 0.334 e. The maximum absolute atomic E-state index is 12.4. The number of aliphatic carboxylic acids is 2. The normalized spacial score (nSPS) is 16.9. The van der Waals surface area contributed by atoms with Crippen LogP contribution in [0.1, 0.15) is 44.7 Å². The van der Waals surface area contributed by atoms with E-state index in [-0.39, 0.29) is 22.5 Å². The highest BCUT2D eigenvalue weighted by atomic mass is 16.7. The Morgan fingerprint density at radius 2 is 1.61 bits per heavy atom. The van der Waals surface area contributed by atoms with Gasteiger partial charge in [-0.3, -0.25) is 0 Å². The van der Waals surface area contributed by atoms with Crippen molar-refractivity contribution in [2.75, 3.05) is 14.2 Å². The van der Waals surface area contributed by atoms with Crippen LogP contribution in [-0.2, 0) is 28.6 Å². The van der Waals surface area contributed by atoms with Gasteiger partial charge < -0.3 is 29.7 Å². The summed E-state index contributed by atoms with van der Waals surface area (Å²) in [7, 11) is 2.70. The van der Waals surface area contributed by atoms with Crippen LogP contribution in [0, 0.1) is 0 Å². The molecule has 1 aliphatic rings. The van der Waals surface area contributed by atoms with E-state index in [4.69, 9.17) is 14.2 Å². The molecule has 0 aliphatic carbocycles. The summed E-state index contributed by atoms with van der Waals surface area (Å²) in [5.41, 5.74) is 0.131. The molecule has 0 amide bonds. The molecule has 0 bridgehead atoms. The highest BCUT2D eigenvalue weighted by Gasteiger charge is 2.40. The van der Waals surface area contributed by atoms with Crippen molar-refractivity contribution < 1.29 is 38.8 Å². The van der Waals surface area contributed by atoms with Gasteiger partial charge >= 0.3 is 17.9 Å². The molecule has 1 aromatic carbocycles. The van der Waals surface area contributed by atoms with Gasteiger partial charge in [-0.15, -0.1) is 0 Å². The molecule has 0 saturated heterocycles. The van der Waals surface area contributed by atoms with Crippen LogP contribution in [0.5, 0.6) is 0 Å². The zero-order valence-electron chi connectivity index (χ0n) is 19.5. The monoisotopic (exact) mass is 459 g/mol. The van der Waals surface area contributed by atoms with Gasteiger partial charge in [-0.05, 0) is 44.9 Å². The average molecular weight is 459 g/mol. The number of carboxylic acids is 2. The number of hydrogen-bond acceptors (Lipinski definition) is 7. The lowest BCUT2D eigenvalue weighted by molar-refractivity contribution is -0.148. The van der Waals surface area contributed by atoms with Crippen LogP contribution in [0.4, 0.5) is 0 Å². The van der Waals surface area contributed by atoms with Crippen molar-refractivity contribution in [1.29, 1.82) is 0 Å². The molecule has 9 heteroatoms.